The van der Waals surface area contributed by atoms with E-state index in [-0.39, 0.29) is 43.3 Å². The lowest BCUT2D eigenvalue weighted by atomic mass is 9.82. The molecular formula is C36H40BrN3O6Si. The summed E-state index contributed by atoms with van der Waals surface area (Å²) in [7, 11) is -2.99. The zero-order valence-electron chi connectivity index (χ0n) is 26.9. The molecule has 3 aromatic carbocycles. The predicted octanol–water partition coefficient (Wildman–Crippen LogP) is 4.87. The minimum Gasteiger partial charge on any atom is -0.432 e. The lowest BCUT2D eigenvalue weighted by Gasteiger charge is -2.37. The Hall–Kier alpha value is -3.35. The van der Waals surface area contributed by atoms with E-state index in [1.165, 1.54) is 0 Å². The van der Waals surface area contributed by atoms with E-state index >= 15 is 0 Å². The average Bonchev–Trinajstić information content (AvgIpc) is 3.45. The topological polar surface area (TPSA) is 111 Å². The number of hydrogen-bond donors (Lipinski definition) is 2. The van der Waals surface area contributed by atoms with Crippen LogP contribution >= 0.6 is 15.9 Å². The second kappa shape index (κ2) is 12.0. The molecule has 1 spiro atoms. The van der Waals surface area contributed by atoms with E-state index in [1.54, 1.807) is 14.7 Å². The van der Waals surface area contributed by atoms with Gasteiger partial charge in [0.25, 0.3) is 5.91 Å². The highest BCUT2D eigenvalue weighted by molar-refractivity contribution is 9.10. The van der Waals surface area contributed by atoms with Gasteiger partial charge < -0.3 is 29.3 Å². The molecule has 4 heterocycles. The first-order chi connectivity index (χ1) is 22.4. The number of hydrogen-bond acceptors (Lipinski definition) is 6. The van der Waals surface area contributed by atoms with E-state index in [1.807, 2.05) is 86.7 Å². The highest BCUT2D eigenvalue weighted by Crippen LogP contribution is 2.60. The summed E-state index contributed by atoms with van der Waals surface area (Å²) in [5.41, 5.74) is 3.53. The Balaban J connectivity index is 1.22. The van der Waals surface area contributed by atoms with Crippen LogP contribution in [0.3, 0.4) is 0 Å². The number of β-lactam (4-membered cyclic amide) rings is 1. The van der Waals surface area contributed by atoms with Gasteiger partial charge in [0.1, 0.15) is 0 Å². The summed E-state index contributed by atoms with van der Waals surface area (Å²) in [4.78, 5) is 58.0. The van der Waals surface area contributed by atoms with Crippen molar-refractivity contribution in [3.05, 3.63) is 93.5 Å². The standard InChI is InChI=1S/C36H40BrN3O6Si/c1-22-34(47(2,3)45)31(18-33(43)39-20-25-9-5-4-8-24(25)16-28(39)21-41)46-36(22)29-17-26(37)11-12-30(29)40(35(36)44)19-23-7-6-10-27(15-23)38-14-13-32(38)42/h4-12,15,17,22,28,31,34,41,45H,13-14,16,18-21H2,1-3H3/t22-,28-,31+,34-,36+/m0/s1. The van der Waals surface area contributed by atoms with Crippen molar-refractivity contribution < 1.29 is 29.0 Å². The van der Waals surface area contributed by atoms with Gasteiger partial charge in [0.15, 0.2) is 13.9 Å². The molecule has 4 aliphatic heterocycles. The fourth-order valence-corrected chi connectivity index (χ4v) is 11.2. The summed E-state index contributed by atoms with van der Waals surface area (Å²) in [6, 6.07) is 21.1. The van der Waals surface area contributed by atoms with Crippen molar-refractivity contribution in [2.24, 2.45) is 5.92 Å². The smallest absolute Gasteiger partial charge is 0.264 e. The van der Waals surface area contributed by atoms with E-state index in [0.717, 1.165) is 38.1 Å². The van der Waals surface area contributed by atoms with E-state index in [9.17, 15) is 24.3 Å². The van der Waals surface area contributed by atoms with Crippen LogP contribution in [0, 0.1) is 5.92 Å². The number of fused-ring (bicyclic) bond motifs is 3. The quantitative estimate of drug-likeness (QED) is 0.267. The molecule has 4 aliphatic rings. The second-order valence-electron chi connectivity index (χ2n) is 13.9. The Morgan fingerprint density at radius 3 is 2.51 bits per heavy atom. The SMILES string of the molecule is C[C@H]1[C@H]([Si](C)(C)O)[C@@H](CC(=O)N2Cc3ccccc3C[C@H]2CO)O[C@]12C(=O)N(Cc1cccc(N3CCC3=O)c1)c1ccc(Br)cc12. The van der Waals surface area contributed by atoms with Gasteiger partial charge in [-0.3, -0.25) is 14.4 Å². The number of carbonyl (C=O) groups excluding carboxylic acids is 3. The van der Waals surface area contributed by atoms with Crippen LogP contribution in [0.25, 0.3) is 0 Å². The molecule has 0 aromatic heterocycles. The molecule has 0 radical (unpaired) electrons. The maximum atomic E-state index is 14.8. The van der Waals surface area contributed by atoms with Crippen LogP contribution in [-0.2, 0) is 44.2 Å². The van der Waals surface area contributed by atoms with E-state index in [0.29, 0.717) is 25.9 Å². The Morgan fingerprint density at radius 2 is 1.83 bits per heavy atom. The highest BCUT2D eigenvalue weighted by atomic mass is 79.9. The summed E-state index contributed by atoms with van der Waals surface area (Å²) in [6.07, 6.45) is 0.401. The predicted molar refractivity (Wildman–Crippen MR) is 184 cm³/mol. The zero-order valence-corrected chi connectivity index (χ0v) is 29.4. The number of amides is 3. The number of anilines is 2. The number of carbonyl (C=O) groups is 3. The first kappa shape index (κ1) is 32.2. The summed E-state index contributed by atoms with van der Waals surface area (Å²) in [6.45, 7) is 6.87. The molecule has 11 heteroatoms. The lowest BCUT2D eigenvalue weighted by Crippen LogP contribution is -2.48. The Kier molecular flexibility index (Phi) is 8.19. The van der Waals surface area contributed by atoms with E-state index in [4.69, 9.17) is 4.74 Å². The first-order valence-electron chi connectivity index (χ1n) is 16.3. The zero-order chi connectivity index (χ0) is 33.2. The van der Waals surface area contributed by atoms with Gasteiger partial charge in [-0.25, -0.2) is 0 Å². The van der Waals surface area contributed by atoms with Crippen molar-refractivity contribution in [2.75, 3.05) is 23.0 Å². The summed E-state index contributed by atoms with van der Waals surface area (Å²) < 4.78 is 7.72. The van der Waals surface area contributed by atoms with Gasteiger partial charge in [0, 0.05) is 46.7 Å². The van der Waals surface area contributed by atoms with Crippen molar-refractivity contribution in [2.45, 2.75) is 75.7 Å². The molecule has 246 valence electrons. The molecule has 9 nitrogen and oxygen atoms in total. The number of nitrogens with zero attached hydrogens (tertiary/aromatic N) is 3. The fourth-order valence-electron chi connectivity index (χ4n) is 8.33. The van der Waals surface area contributed by atoms with Crippen molar-refractivity contribution in [1.29, 1.82) is 0 Å². The summed E-state index contributed by atoms with van der Waals surface area (Å²) in [5.74, 6) is -0.714. The number of aliphatic hydroxyl groups excluding tert-OH is 1. The van der Waals surface area contributed by atoms with Gasteiger partial charge in [-0.1, -0.05) is 59.3 Å². The summed E-state index contributed by atoms with van der Waals surface area (Å²) in [5, 5.41) is 10.3. The number of aliphatic hydroxyl groups is 1. The minimum absolute atomic E-state index is 0.00502. The Labute approximate surface area is 284 Å². The van der Waals surface area contributed by atoms with Crippen molar-refractivity contribution in [3.8, 4) is 0 Å². The van der Waals surface area contributed by atoms with E-state index in [2.05, 4.69) is 15.9 Å². The van der Waals surface area contributed by atoms with Crippen molar-refractivity contribution in [1.82, 2.24) is 4.90 Å². The maximum absolute atomic E-state index is 14.8. The maximum Gasteiger partial charge on any atom is 0.264 e. The van der Waals surface area contributed by atoms with Gasteiger partial charge in [0.05, 0.1) is 37.4 Å². The van der Waals surface area contributed by atoms with Gasteiger partial charge in [0.2, 0.25) is 11.8 Å². The first-order valence-corrected chi connectivity index (χ1v) is 20.1. The monoisotopic (exact) mass is 717 g/mol. The third-order valence-electron chi connectivity index (χ3n) is 10.6. The minimum atomic E-state index is -2.99. The molecule has 0 saturated carbocycles. The van der Waals surface area contributed by atoms with Crippen molar-refractivity contribution in [3.63, 3.8) is 0 Å². The molecule has 3 aromatic rings. The molecule has 2 N–H and O–H groups in total. The lowest BCUT2D eigenvalue weighted by molar-refractivity contribution is -0.151. The molecule has 2 saturated heterocycles. The molecular weight excluding hydrogens is 678 g/mol. The van der Waals surface area contributed by atoms with Crippen molar-refractivity contribution >= 4 is 53.3 Å². The van der Waals surface area contributed by atoms with E-state index < -0.39 is 31.5 Å². The molecule has 5 atom stereocenters. The molecule has 0 unspecified atom stereocenters. The summed E-state index contributed by atoms with van der Waals surface area (Å²) >= 11 is 3.61. The molecule has 0 aliphatic carbocycles. The van der Waals surface area contributed by atoms with Crippen LogP contribution < -0.4 is 9.80 Å². The van der Waals surface area contributed by atoms with Crippen LogP contribution in [0.2, 0.25) is 18.6 Å². The number of benzene rings is 3. The van der Waals surface area contributed by atoms with Crippen LogP contribution in [0.15, 0.2) is 71.2 Å². The number of halogens is 1. The Morgan fingerprint density at radius 1 is 1.06 bits per heavy atom. The van der Waals surface area contributed by atoms with Crippen LogP contribution in [0.5, 0.6) is 0 Å². The van der Waals surface area contributed by atoms with Crippen LogP contribution in [0.4, 0.5) is 11.4 Å². The van der Waals surface area contributed by atoms with Gasteiger partial charge in [-0.05, 0) is 66.5 Å². The number of ether oxygens (including phenoxy) is 1. The molecule has 3 amide bonds. The normalized spacial score (nSPS) is 26.9. The third kappa shape index (κ3) is 5.36. The molecule has 47 heavy (non-hydrogen) atoms. The van der Waals surface area contributed by atoms with Gasteiger partial charge in [-0.15, -0.1) is 0 Å². The van der Waals surface area contributed by atoms with Gasteiger partial charge >= 0.3 is 0 Å². The van der Waals surface area contributed by atoms with Gasteiger partial charge in [-0.2, -0.15) is 0 Å². The van der Waals surface area contributed by atoms with Crippen LogP contribution in [0.1, 0.15) is 42.0 Å². The molecule has 2 fully saturated rings. The van der Waals surface area contributed by atoms with Crippen LogP contribution in [-0.4, -0.2) is 66.1 Å². The Bertz CT molecular complexity index is 1760. The molecule has 7 rings (SSSR count). The largest absolute Gasteiger partial charge is 0.432 e. The fraction of sp³-hybridized carbons (Fsp3) is 0.417. The third-order valence-corrected chi connectivity index (χ3v) is 13.6. The highest BCUT2D eigenvalue weighted by Gasteiger charge is 2.66. The second-order valence-corrected chi connectivity index (χ2v) is 18.8. The molecule has 0 bridgehead atoms. The number of rotatable bonds is 7. The average molecular weight is 719 g/mol.